The van der Waals surface area contributed by atoms with Crippen molar-refractivity contribution in [3.8, 4) is 0 Å². The van der Waals surface area contributed by atoms with Crippen molar-refractivity contribution in [2.45, 2.75) is 32.5 Å². The molecule has 10 heteroatoms. The molecule has 0 saturated carbocycles. The summed E-state index contributed by atoms with van der Waals surface area (Å²) in [6, 6.07) is 7.71. The number of amides is 1. The van der Waals surface area contributed by atoms with Gasteiger partial charge in [0.2, 0.25) is 5.91 Å². The molecular weight excluding hydrogens is 498 g/mol. The van der Waals surface area contributed by atoms with Gasteiger partial charge in [-0.15, -0.1) is 24.0 Å². The summed E-state index contributed by atoms with van der Waals surface area (Å²) in [7, 11) is 1.44. The van der Waals surface area contributed by atoms with Crippen LogP contribution in [0.1, 0.15) is 25.3 Å². The Labute approximate surface area is 186 Å². The van der Waals surface area contributed by atoms with Crippen LogP contribution in [0, 0.1) is 0 Å². The highest BCUT2D eigenvalue weighted by molar-refractivity contribution is 14.0. The molecular formula is C19H29F3IN5O. The largest absolute Gasteiger partial charge is 0.401 e. The van der Waals surface area contributed by atoms with Crippen LogP contribution < -0.4 is 15.5 Å². The number of nitrogens with zero attached hydrogens (tertiary/aromatic N) is 3. The van der Waals surface area contributed by atoms with Gasteiger partial charge in [-0.2, -0.15) is 13.2 Å². The number of halogens is 4. The fraction of sp³-hybridized carbons (Fsp3) is 0.579. The van der Waals surface area contributed by atoms with Gasteiger partial charge in [0.25, 0.3) is 0 Å². The lowest BCUT2D eigenvalue weighted by Crippen LogP contribution is -2.42. The van der Waals surface area contributed by atoms with Crippen molar-refractivity contribution in [1.29, 1.82) is 0 Å². The van der Waals surface area contributed by atoms with E-state index in [0.717, 1.165) is 24.2 Å². The second-order valence-corrected chi connectivity index (χ2v) is 6.79. The summed E-state index contributed by atoms with van der Waals surface area (Å²) in [5.41, 5.74) is 1.88. The molecule has 1 aliphatic rings. The molecule has 0 unspecified atom stereocenters. The third-order valence-electron chi connectivity index (χ3n) is 4.32. The van der Waals surface area contributed by atoms with E-state index in [1.165, 1.54) is 11.9 Å². The highest BCUT2D eigenvalue weighted by Crippen LogP contribution is 2.21. The minimum Gasteiger partial charge on any atom is -0.357 e. The van der Waals surface area contributed by atoms with Gasteiger partial charge in [0.15, 0.2) is 5.96 Å². The Hall–Kier alpha value is -1.56. The first-order valence-electron chi connectivity index (χ1n) is 9.45. The van der Waals surface area contributed by atoms with Crippen molar-refractivity contribution in [2.24, 2.45) is 4.99 Å². The minimum atomic E-state index is -4.20. The van der Waals surface area contributed by atoms with Crippen molar-refractivity contribution < 1.29 is 18.0 Å². The molecule has 0 aromatic heterocycles. The van der Waals surface area contributed by atoms with Crippen LogP contribution in [0.5, 0.6) is 0 Å². The van der Waals surface area contributed by atoms with E-state index in [1.807, 2.05) is 31.2 Å². The lowest BCUT2D eigenvalue weighted by molar-refractivity contribution is -0.142. The summed E-state index contributed by atoms with van der Waals surface area (Å²) in [6.07, 6.45) is -2.71. The molecule has 1 amide bonds. The van der Waals surface area contributed by atoms with Gasteiger partial charge in [0, 0.05) is 38.3 Å². The van der Waals surface area contributed by atoms with E-state index < -0.39 is 12.7 Å². The van der Waals surface area contributed by atoms with Crippen LogP contribution in [-0.2, 0) is 11.3 Å². The van der Waals surface area contributed by atoms with Gasteiger partial charge in [0.05, 0.1) is 13.1 Å². The van der Waals surface area contributed by atoms with Crippen molar-refractivity contribution in [3.63, 3.8) is 0 Å². The summed E-state index contributed by atoms with van der Waals surface area (Å²) in [5, 5.41) is 6.13. The lowest BCUT2D eigenvalue weighted by Gasteiger charge is -2.19. The SMILES string of the molecule is CCNC(=NCc1ccc(N2CCCC2=O)cc1)NCCN(C)CC(F)(F)F.I. The Kier molecular flexibility index (Phi) is 10.7. The van der Waals surface area contributed by atoms with Crippen LogP contribution in [0.15, 0.2) is 29.3 Å². The molecule has 0 aliphatic carbocycles. The number of carbonyl (C=O) groups is 1. The number of guanidine groups is 1. The maximum absolute atomic E-state index is 12.3. The number of nitrogens with one attached hydrogen (secondary N) is 2. The van der Waals surface area contributed by atoms with E-state index in [-0.39, 0.29) is 36.4 Å². The molecule has 1 saturated heterocycles. The van der Waals surface area contributed by atoms with E-state index in [4.69, 9.17) is 0 Å². The molecule has 6 nitrogen and oxygen atoms in total. The number of alkyl halides is 3. The Balaban J connectivity index is 0.00000420. The number of rotatable bonds is 8. The summed E-state index contributed by atoms with van der Waals surface area (Å²) >= 11 is 0. The van der Waals surface area contributed by atoms with Crippen molar-refractivity contribution in [2.75, 3.05) is 44.7 Å². The van der Waals surface area contributed by atoms with Gasteiger partial charge in [0.1, 0.15) is 0 Å². The number of hydrogen-bond donors (Lipinski definition) is 2. The first-order valence-corrected chi connectivity index (χ1v) is 9.45. The third-order valence-corrected chi connectivity index (χ3v) is 4.32. The Bertz CT molecular complexity index is 667. The predicted molar refractivity (Wildman–Crippen MR) is 120 cm³/mol. The zero-order valence-electron chi connectivity index (χ0n) is 16.8. The van der Waals surface area contributed by atoms with Crippen LogP contribution >= 0.6 is 24.0 Å². The van der Waals surface area contributed by atoms with Gasteiger partial charge in [-0.25, -0.2) is 4.99 Å². The zero-order chi connectivity index (χ0) is 20.6. The average molecular weight is 527 g/mol. The second-order valence-electron chi connectivity index (χ2n) is 6.79. The molecule has 1 heterocycles. The van der Waals surface area contributed by atoms with Gasteiger partial charge in [-0.1, -0.05) is 12.1 Å². The van der Waals surface area contributed by atoms with Crippen LogP contribution in [0.25, 0.3) is 0 Å². The van der Waals surface area contributed by atoms with Crippen molar-refractivity contribution >= 4 is 41.5 Å². The van der Waals surface area contributed by atoms with Crippen LogP contribution in [0.4, 0.5) is 18.9 Å². The smallest absolute Gasteiger partial charge is 0.357 e. The molecule has 164 valence electrons. The van der Waals surface area contributed by atoms with Crippen LogP contribution in [0.3, 0.4) is 0 Å². The number of hydrogen-bond acceptors (Lipinski definition) is 3. The highest BCUT2D eigenvalue weighted by Gasteiger charge is 2.28. The Morgan fingerprint density at radius 2 is 1.93 bits per heavy atom. The third kappa shape index (κ3) is 9.20. The Morgan fingerprint density at radius 3 is 2.48 bits per heavy atom. The maximum atomic E-state index is 12.3. The fourth-order valence-corrected chi connectivity index (χ4v) is 2.96. The molecule has 2 N–H and O–H groups in total. The normalized spacial score (nSPS) is 14.9. The quantitative estimate of drug-likeness (QED) is 0.310. The number of carbonyl (C=O) groups excluding carboxylic acids is 1. The first kappa shape index (κ1) is 25.5. The minimum absolute atomic E-state index is 0. The van der Waals surface area contributed by atoms with Gasteiger partial charge >= 0.3 is 6.18 Å². The molecule has 29 heavy (non-hydrogen) atoms. The number of benzene rings is 1. The van der Waals surface area contributed by atoms with Gasteiger partial charge in [-0.05, 0) is 38.1 Å². The van der Waals surface area contributed by atoms with Gasteiger partial charge < -0.3 is 15.5 Å². The van der Waals surface area contributed by atoms with Gasteiger partial charge in [-0.3, -0.25) is 9.69 Å². The maximum Gasteiger partial charge on any atom is 0.401 e. The summed E-state index contributed by atoms with van der Waals surface area (Å²) < 4.78 is 37.0. The number of likely N-dealkylation sites (N-methyl/N-ethyl adjacent to an activating group) is 1. The van der Waals surface area contributed by atoms with E-state index in [0.29, 0.717) is 32.0 Å². The molecule has 0 bridgehead atoms. The molecule has 1 aromatic carbocycles. The Morgan fingerprint density at radius 1 is 1.24 bits per heavy atom. The van der Waals surface area contributed by atoms with E-state index in [2.05, 4.69) is 15.6 Å². The fourth-order valence-electron chi connectivity index (χ4n) is 2.96. The molecule has 2 rings (SSSR count). The average Bonchev–Trinajstić information content (AvgIpc) is 3.04. The molecule has 0 atom stereocenters. The summed E-state index contributed by atoms with van der Waals surface area (Å²) in [5.74, 6) is 0.710. The topological polar surface area (TPSA) is 60.0 Å². The standard InChI is InChI=1S/C19H28F3N5O.HI/c1-3-23-18(24-10-12-26(2)14-19(20,21)22)25-13-15-6-8-16(9-7-15)27-11-4-5-17(27)28;/h6-9H,3-5,10-14H2,1-2H3,(H2,23,24,25);1H. The second kappa shape index (κ2) is 12.2. The molecule has 0 radical (unpaired) electrons. The molecule has 1 aromatic rings. The van der Waals surface area contributed by atoms with E-state index in [1.54, 1.807) is 4.90 Å². The monoisotopic (exact) mass is 527 g/mol. The molecule has 1 aliphatic heterocycles. The predicted octanol–water partition coefficient (Wildman–Crippen LogP) is 2.98. The van der Waals surface area contributed by atoms with E-state index in [9.17, 15) is 18.0 Å². The highest BCUT2D eigenvalue weighted by atomic mass is 127. The zero-order valence-corrected chi connectivity index (χ0v) is 19.1. The molecule has 0 spiro atoms. The van der Waals surface area contributed by atoms with Crippen LogP contribution in [-0.4, -0.2) is 62.7 Å². The van der Waals surface area contributed by atoms with Crippen molar-refractivity contribution in [3.05, 3.63) is 29.8 Å². The lowest BCUT2D eigenvalue weighted by atomic mass is 10.2. The van der Waals surface area contributed by atoms with E-state index >= 15 is 0 Å². The molecule has 1 fully saturated rings. The van der Waals surface area contributed by atoms with Crippen molar-refractivity contribution in [1.82, 2.24) is 15.5 Å². The number of aliphatic imine (C=N–C) groups is 1. The first-order chi connectivity index (χ1) is 13.3. The van der Waals surface area contributed by atoms with Crippen LogP contribution in [0.2, 0.25) is 0 Å². The summed E-state index contributed by atoms with van der Waals surface area (Å²) in [4.78, 5) is 19.3. The number of anilines is 1. The summed E-state index contributed by atoms with van der Waals surface area (Å²) in [6.45, 7) is 3.44.